The third kappa shape index (κ3) is 1.94. The van der Waals surface area contributed by atoms with Crippen LogP contribution in [0.3, 0.4) is 0 Å². The third-order valence-electron chi connectivity index (χ3n) is 2.42. The molecule has 1 heterocycles. The Labute approximate surface area is 88.1 Å². The zero-order valence-corrected chi connectivity index (χ0v) is 8.51. The van der Waals surface area contributed by atoms with Crippen LogP contribution in [0.4, 0.5) is 10.5 Å². The lowest BCUT2D eigenvalue weighted by Crippen LogP contribution is -2.25. The number of carbonyl (C=O) groups is 1. The summed E-state index contributed by atoms with van der Waals surface area (Å²) >= 11 is 0. The van der Waals surface area contributed by atoms with Crippen LogP contribution in [0.25, 0.3) is 0 Å². The van der Waals surface area contributed by atoms with Crippen molar-refractivity contribution in [1.29, 1.82) is 0 Å². The third-order valence-corrected chi connectivity index (χ3v) is 2.42. The quantitative estimate of drug-likeness (QED) is 0.795. The van der Waals surface area contributed by atoms with Crippen molar-refractivity contribution >= 4 is 11.8 Å². The highest BCUT2D eigenvalue weighted by Crippen LogP contribution is 2.21. The van der Waals surface area contributed by atoms with Crippen molar-refractivity contribution in [3.05, 3.63) is 29.8 Å². The second-order valence-corrected chi connectivity index (χ2v) is 3.63. The van der Waals surface area contributed by atoms with Crippen molar-refractivity contribution in [2.24, 2.45) is 0 Å². The van der Waals surface area contributed by atoms with Crippen LogP contribution in [0.5, 0.6) is 0 Å². The Morgan fingerprint density at radius 2 is 2.13 bits per heavy atom. The second kappa shape index (κ2) is 3.90. The molecule has 0 unspecified atom stereocenters. The molecule has 1 atom stereocenters. The fourth-order valence-corrected chi connectivity index (χ4v) is 1.55. The van der Waals surface area contributed by atoms with Gasteiger partial charge >= 0.3 is 6.09 Å². The van der Waals surface area contributed by atoms with E-state index in [1.807, 2.05) is 31.2 Å². The van der Waals surface area contributed by atoms with E-state index in [9.17, 15) is 4.79 Å². The van der Waals surface area contributed by atoms with E-state index in [-0.39, 0.29) is 6.61 Å². The number of benzene rings is 1. The van der Waals surface area contributed by atoms with Crippen molar-refractivity contribution < 1.29 is 14.6 Å². The summed E-state index contributed by atoms with van der Waals surface area (Å²) < 4.78 is 4.94. The zero-order valence-electron chi connectivity index (χ0n) is 8.51. The number of nitrogens with zero attached hydrogens (tertiary/aromatic N) is 1. The topological polar surface area (TPSA) is 49.8 Å². The number of aliphatic hydroxyl groups is 1. The molecule has 1 aliphatic rings. The molecule has 1 amide bonds. The molecule has 15 heavy (non-hydrogen) atoms. The minimum atomic E-state index is -0.404. The molecule has 80 valence electrons. The minimum absolute atomic E-state index is 0.131. The number of hydrogen-bond acceptors (Lipinski definition) is 3. The Kier molecular flexibility index (Phi) is 2.60. The number of carbonyl (C=O) groups excluding carboxylic acids is 1. The summed E-state index contributed by atoms with van der Waals surface area (Å²) in [6, 6.07) is 7.62. The SMILES string of the molecule is Cc1ccc(N2C[C@H](CO)OC2=O)cc1. The van der Waals surface area contributed by atoms with E-state index in [0.29, 0.717) is 6.54 Å². The number of cyclic esters (lactones) is 1. The van der Waals surface area contributed by atoms with Gasteiger partial charge in [0.05, 0.1) is 13.2 Å². The standard InChI is InChI=1S/C11H13NO3/c1-8-2-4-9(5-3-8)12-6-10(7-13)15-11(12)14/h2-5,10,13H,6-7H2,1H3/t10-/m1/s1. The summed E-state index contributed by atoms with van der Waals surface area (Å²) in [6.45, 7) is 2.27. The molecule has 4 nitrogen and oxygen atoms in total. The average molecular weight is 207 g/mol. The minimum Gasteiger partial charge on any atom is -0.441 e. The van der Waals surface area contributed by atoms with Gasteiger partial charge in [-0.25, -0.2) is 4.79 Å². The first-order valence-corrected chi connectivity index (χ1v) is 4.86. The summed E-state index contributed by atoms with van der Waals surface area (Å²) in [6.07, 6.45) is -0.795. The maximum Gasteiger partial charge on any atom is 0.414 e. The Morgan fingerprint density at radius 3 is 2.67 bits per heavy atom. The van der Waals surface area contributed by atoms with Gasteiger partial charge in [0, 0.05) is 5.69 Å². The van der Waals surface area contributed by atoms with Gasteiger partial charge in [0.2, 0.25) is 0 Å². The number of ether oxygens (including phenoxy) is 1. The molecule has 1 aliphatic heterocycles. The van der Waals surface area contributed by atoms with E-state index < -0.39 is 12.2 Å². The fourth-order valence-electron chi connectivity index (χ4n) is 1.55. The molecule has 1 aromatic rings. The normalized spacial score (nSPS) is 20.5. The van der Waals surface area contributed by atoms with Crippen LogP contribution in [0.1, 0.15) is 5.56 Å². The monoisotopic (exact) mass is 207 g/mol. The first kappa shape index (κ1) is 9.98. The van der Waals surface area contributed by atoms with Crippen LogP contribution >= 0.6 is 0 Å². The highest BCUT2D eigenvalue weighted by Gasteiger charge is 2.31. The molecule has 0 aliphatic carbocycles. The smallest absolute Gasteiger partial charge is 0.414 e. The van der Waals surface area contributed by atoms with Gasteiger partial charge in [-0.05, 0) is 19.1 Å². The van der Waals surface area contributed by atoms with Gasteiger partial charge < -0.3 is 9.84 Å². The van der Waals surface area contributed by atoms with E-state index in [1.165, 1.54) is 4.90 Å². The van der Waals surface area contributed by atoms with Crippen molar-refractivity contribution in [1.82, 2.24) is 0 Å². The molecular formula is C11H13NO3. The van der Waals surface area contributed by atoms with Gasteiger partial charge in [-0.15, -0.1) is 0 Å². The molecule has 4 heteroatoms. The number of aliphatic hydroxyl groups excluding tert-OH is 1. The van der Waals surface area contributed by atoms with Gasteiger partial charge in [-0.3, -0.25) is 4.90 Å². The maximum atomic E-state index is 11.4. The predicted molar refractivity (Wildman–Crippen MR) is 55.9 cm³/mol. The van der Waals surface area contributed by atoms with Gasteiger partial charge in [-0.2, -0.15) is 0 Å². The first-order valence-electron chi connectivity index (χ1n) is 4.86. The Morgan fingerprint density at radius 1 is 1.47 bits per heavy atom. The van der Waals surface area contributed by atoms with Crippen LogP contribution in [0.2, 0.25) is 0 Å². The van der Waals surface area contributed by atoms with Gasteiger partial charge in [0.1, 0.15) is 6.10 Å². The van der Waals surface area contributed by atoms with Gasteiger partial charge in [0.15, 0.2) is 0 Å². The van der Waals surface area contributed by atoms with Crippen LogP contribution in [0, 0.1) is 6.92 Å². The molecule has 1 N–H and O–H groups in total. The van der Waals surface area contributed by atoms with Crippen LogP contribution in [-0.2, 0) is 4.74 Å². The molecule has 0 aromatic heterocycles. The lowest BCUT2D eigenvalue weighted by atomic mass is 10.2. The molecule has 1 aromatic carbocycles. The zero-order chi connectivity index (χ0) is 10.8. The van der Waals surface area contributed by atoms with E-state index in [2.05, 4.69) is 0 Å². The van der Waals surface area contributed by atoms with Crippen molar-refractivity contribution in [2.75, 3.05) is 18.1 Å². The summed E-state index contributed by atoms with van der Waals surface area (Å²) in [5, 5.41) is 8.89. The number of rotatable bonds is 2. The van der Waals surface area contributed by atoms with Crippen molar-refractivity contribution in [3.63, 3.8) is 0 Å². The number of anilines is 1. The Balaban J connectivity index is 2.18. The average Bonchev–Trinajstić information content (AvgIpc) is 2.61. The highest BCUT2D eigenvalue weighted by molar-refractivity contribution is 5.89. The summed E-state index contributed by atoms with van der Waals surface area (Å²) in [5.41, 5.74) is 1.95. The van der Waals surface area contributed by atoms with E-state index in [4.69, 9.17) is 9.84 Å². The van der Waals surface area contributed by atoms with Crippen LogP contribution in [-0.4, -0.2) is 30.5 Å². The van der Waals surface area contributed by atoms with Crippen molar-refractivity contribution in [3.8, 4) is 0 Å². The van der Waals surface area contributed by atoms with E-state index in [0.717, 1.165) is 11.3 Å². The summed E-state index contributed by atoms with van der Waals surface area (Å²) in [4.78, 5) is 12.9. The molecule has 0 bridgehead atoms. The number of hydrogen-bond donors (Lipinski definition) is 1. The maximum absolute atomic E-state index is 11.4. The molecule has 0 saturated carbocycles. The molecule has 2 rings (SSSR count). The first-order chi connectivity index (χ1) is 7.20. The summed E-state index contributed by atoms with van der Waals surface area (Å²) in [5.74, 6) is 0. The molecule has 1 saturated heterocycles. The number of aryl methyl sites for hydroxylation is 1. The lowest BCUT2D eigenvalue weighted by molar-refractivity contribution is 0.0963. The largest absolute Gasteiger partial charge is 0.441 e. The lowest BCUT2D eigenvalue weighted by Gasteiger charge is -2.12. The second-order valence-electron chi connectivity index (χ2n) is 3.63. The van der Waals surface area contributed by atoms with Gasteiger partial charge in [0.25, 0.3) is 0 Å². The van der Waals surface area contributed by atoms with Crippen molar-refractivity contribution in [2.45, 2.75) is 13.0 Å². The van der Waals surface area contributed by atoms with Crippen LogP contribution in [0.15, 0.2) is 24.3 Å². The molecule has 1 fully saturated rings. The van der Waals surface area contributed by atoms with E-state index in [1.54, 1.807) is 0 Å². The van der Waals surface area contributed by atoms with Gasteiger partial charge in [-0.1, -0.05) is 17.7 Å². The Bertz CT molecular complexity index is 361. The van der Waals surface area contributed by atoms with E-state index >= 15 is 0 Å². The fraction of sp³-hybridized carbons (Fsp3) is 0.364. The molecular weight excluding hydrogens is 194 g/mol. The molecule has 0 radical (unpaired) electrons. The summed E-state index contributed by atoms with van der Waals surface area (Å²) in [7, 11) is 0. The number of amides is 1. The van der Waals surface area contributed by atoms with Crippen LogP contribution < -0.4 is 4.90 Å². The predicted octanol–water partition coefficient (Wildman–Crippen LogP) is 1.31. The molecule has 0 spiro atoms. The highest BCUT2D eigenvalue weighted by atomic mass is 16.6. The Hall–Kier alpha value is -1.55.